The highest BCUT2D eigenvalue weighted by Crippen LogP contribution is 2.45. The van der Waals surface area contributed by atoms with E-state index in [1.54, 1.807) is 0 Å². The molecule has 7 heteroatoms. The Balaban J connectivity index is 3.68. The Morgan fingerprint density at radius 2 is 1.36 bits per heavy atom. The van der Waals surface area contributed by atoms with Gasteiger partial charge in [-0.2, -0.15) is 0 Å². The highest BCUT2D eigenvalue weighted by Gasteiger charge is 2.23. The van der Waals surface area contributed by atoms with Gasteiger partial charge in [-0.25, -0.2) is 0 Å². The molecular weight excluding hydrogens is 293 g/mol. The predicted octanol–water partition coefficient (Wildman–Crippen LogP) is 4.38. The highest BCUT2D eigenvalue weighted by molar-refractivity contribution is 6.70. The lowest BCUT2D eigenvalue weighted by atomic mass is 10.2. The van der Waals surface area contributed by atoms with Crippen molar-refractivity contribution in [1.29, 1.82) is 0 Å². The van der Waals surface area contributed by atoms with Crippen LogP contribution in [0.5, 0.6) is 5.75 Å². The van der Waals surface area contributed by atoms with Crippen molar-refractivity contribution >= 4 is 63.2 Å². The van der Waals surface area contributed by atoms with Gasteiger partial charge in [0.15, 0.2) is 0 Å². The molecule has 0 aliphatic heterocycles. The number of phenols is 1. The second kappa shape index (κ2) is 4.33. The summed E-state index contributed by atoms with van der Waals surface area (Å²) in [6.45, 7) is 0. The zero-order valence-corrected chi connectivity index (χ0v) is 10.0. The van der Waals surface area contributed by atoms with Crippen LogP contribution in [0.4, 0.5) is 0 Å². The molecule has 76 valence electrons. The van der Waals surface area contributed by atoms with Crippen molar-refractivity contribution in [3.8, 4) is 5.75 Å². The molecule has 1 N–H and O–H groups in total. The molecule has 0 radical (unpaired) electrons. The van der Waals surface area contributed by atoms with Crippen molar-refractivity contribution in [2.45, 2.75) is 0 Å². The quantitative estimate of drug-likeness (QED) is 0.474. The first-order valence-electron chi connectivity index (χ1n) is 3.12. The lowest BCUT2D eigenvalue weighted by molar-refractivity contribution is 0.107. The van der Waals surface area contributed by atoms with E-state index in [0.717, 1.165) is 0 Å². The van der Waals surface area contributed by atoms with Crippen molar-refractivity contribution in [2.75, 3.05) is 0 Å². The summed E-state index contributed by atoms with van der Waals surface area (Å²) >= 11 is 27.6. The number of benzene rings is 1. The Kier molecular flexibility index (Phi) is 3.78. The molecule has 0 amide bonds. The van der Waals surface area contributed by atoms with Crippen LogP contribution in [0.2, 0.25) is 20.1 Å². The van der Waals surface area contributed by atoms with Gasteiger partial charge in [0.2, 0.25) is 0 Å². The fourth-order valence-corrected chi connectivity index (χ4v) is 1.96. The minimum absolute atomic E-state index is 0.125. The van der Waals surface area contributed by atoms with E-state index in [9.17, 15) is 9.90 Å². The molecule has 0 aromatic heterocycles. The van der Waals surface area contributed by atoms with Crippen LogP contribution in [0.15, 0.2) is 0 Å². The molecule has 0 spiro atoms. The van der Waals surface area contributed by atoms with Crippen LogP contribution >= 0.6 is 58.0 Å². The van der Waals surface area contributed by atoms with Gasteiger partial charge in [0, 0.05) is 0 Å². The van der Waals surface area contributed by atoms with Gasteiger partial charge < -0.3 is 5.11 Å². The lowest BCUT2D eigenvalue weighted by Gasteiger charge is -2.08. The minimum atomic E-state index is -0.965. The van der Waals surface area contributed by atoms with Gasteiger partial charge in [-0.3, -0.25) is 4.79 Å². The van der Waals surface area contributed by atoms with Gasteiger partial charge in [0.05, 0.1) is 20.6 Å². The average molecular weight is 294 g/mol. The number of hydrogen-bond donors (Lipinski definition) is 1. The van der Waals surface area contributed by atoms with Gasteiger partial charge in [0.1, 0.15) is 10.8 Å². The third-order valence-electron chi connectivity index (χ3n) is 1.44. The van der Waals surface area contributed by atoms with Gasteiger partial charge in [0.25, 0.3) is 5.24 Å². The topological polar surface area (TPSA) is 37.3 Å². The Bertz CT molecular complexity index is 386. The molecule has 0 unspecified atom stereocenters. The zero-order valence-electron chi connectivity index (χ0n) is 6.25. The number of carbonyl (C=O) groups excluding carboxylic acids is 1. The van der Waals surface area contributed by atoms with E-state index in [1.165, 1.54) is 0 Å². The van der Waals surface area contributed by atoms with Crippen LogP contribution < -0.4 is 0 Å². The van der Waals surface area contributed by atoms with E-state index in [4.69, 9.17) is 58.0 Å². The summed E-state index contributed by atoms with van der Waals surface area (Å²) in [5.74, 6) is -0.578. The first-order chi connectivity index (χ1) is 6.37. The lowest BCUT2D eigenvalue weighted by Crippen LogP contribution is -1.94. The van der Waals surface area contributed by atoms with Crippen LogP contribution in [0, 0.1) is 0 Å². The summed E-state index contributed by atoms with van der Waals surface area (Å²) in [5, 5.41) is 7.69. The van der Waals surface area contributed by atoms with E-state index < -0.39 is 11.0 Å². The average Bonchev–Trinajstić information content (AvgIpc) is 2.11. The second-order valence-electron chi connectivity index (χ2n) is 2.25. The fraction of sp³-hybridized carbons (Fsp3) is 0. The van der Waals surface area contributed by atoms with Crippen molar-refractivity contribution in [3.63, 3.8) is 0 Å². The van der Waals surface area contributed by atoms with Crippen molar-refractivity contribution < 1.29 is 9.90 Å². The molecular formula is C7HCl5O2. The van der Waals surface area contributed by atoms with E-state index >= 15 is 0 Å². The van der Waals surface area contributed by atoms with Crippen molar-refractivity contribution in [3.05, 3.63) is 25.7 Å². The molecule has 0 bridgehead atoms. The summed E-state index contributed by atoms with van der Waals surface area (Å²) in [5.41, 5.74) is -0.354. The molecule has 14 heavy (non-hydrogen) atoms. The van der Waals surface area contributed by atoms with E-state index in [0.29, 0.717) is 0 Å². The molecule has 1 aromatic rings. The predicted molar refractivity (Wildman–Crippen MR) is 58.3 cm³/mol. The summed E-state index contributed by atoms with van der Waals surface area (Å²) in [7, 11) is 0. The van der Waals surface area contributed by atoms with Gasteiger partial charge >= 0.3 is 0 Å². The van der Waals surface area contributed by atoms with Crippen molar-refractivity contribution in [1.82, 2.24) is 0 Å². The largest absolute Gasteiger partial charge is 0.505 e. The number of hydrogen-bond acceptors (Lipinski definition) is 2. The highest BCUT2D eigenvalue weighted by atomic mass is 35.5. The Morgan fingerprint density at radius 3 is 1.79 bits per heavy atom. The summed E-state index contributed by atoms with van der Waals surface area (Å²) in [6, 6.07) is 0. The second-order valence-corrected chi connectivity index (χ2v) is 4.11. The minimum Gasteiger partial charge on any atom is -0.505 e. The normalized spacial score (nSPS) is 10.4. The monoisotopic (exact) mass is 292 g/mol. The summed E-state index contributed by atoms with van der Waals surface area (Å²) in [6.07, 6.45) is 0. The smallest absolute Gasteiger partial charge is 0.257 e. The molecule has 0 atom stereocenters. The Morgan fingerprint density at radius 1 is 0.929 bits per heavy atom. The van der Waals surface area contributed by atoms with Crippen LogP contribution in [0.3, 0.4) is 0 Å². The zero-order chi connectivity index (χ0) is 11.0. The molecule has 0 aliphatic rings. The molecule has 0 fully saturated rings. The van der Waals surface area contributed by atoms with E-state index in [1.807, 2.05) is 0 Å². The number of phenolic OH excluding ortho intramolecular Hbond substituents is 1. The maximum absolute atomic E-state index is 10.9. The van der Waals surface area contributed by atoms with E-state index in [2.05, 4.69) is 0 Å². The van der Waals surface area contributed by atoms with E-state index in [-0.39, 0.29) is 25.7 Å². The first kappa shape index (κ1) is 12.2. The molecule has 0 heterocycles. The van der Waals surface area contributed by atoms with Crippen molar-refractivity contribution in [2.24, 2.45) is 0 Å². The van der Waals surface area contributed by atoms with Crippen LogP contribution in [0.25, 0.3) is 0 Å². The molecule has 1 rings (SSSR count). The molecule has 1 aromatic carbocycles. The maximum atomic E-state index is 10.9. The standard InChI is InChI=1S/C7HCl5O2/c8-2-1(7(12)14)6(13)5(11)4(10)3(2)9/h13H. The summed E-state index contributed by atoms with van der Waals surface area (Å²) < 4.78 is 0. The maximum Gasteiger partial charge on any atom is 0.257 e. The third-order valence-corrected chi connectivity index (χ3v) is 3.42. The van der Waals surface area contributed by atoms with Crippen LogP contribution in [0.1, 0.15) is 10.4 Å². The molecule has 0 saturated heterocycles. The fourth-order valence-electron chi connectivity index (χ4n) is 0.799. The number of halogens is 5. The summed E-state index contributed by atoms with van der Waals surface area (Å²) in [4.78, 5) is 10.9. The van der Waals surface area contributed by atoms with Crippen LogP contribution in [-0.2, 0) is 0 Å². The Labute approximate surface area is 104 Å². The number of carbonyl (C=O) groups is 1. The van der Waals surface area contributed by atoms with Gasteiger partial charge in [-0.15, -0.1) is 0 Å². The molecule has 0 aliphatic carbocycles. The Hall–Kier alpha value is 0.140. The molecule has 0 saturated carbocycles. The van der Waals surface area contributed by atoms with Gasteiger partial charge in [-0.05, 0) is 11.6 Å². The third kappa shape index (κ3) is 1.90. The number of rotatable bonds is 1. The molecule has 2 nitrogen and oxygen atoms in total. The van der Waals surface area contributed by atoms with Crippen LogP contribution in [-0.4, -0.2) is 10.3 Å². The first-order valence-corrected chi connectivity index (χ1v) is 5.01. The number of aromatic hydroxyl groups is 1. The van der Waals surface area contributed by atoms with Gasteiger partial charge in [-0.1, -0.05) is 46.4 Å². The SMILES string of the molecule is O=C(Cl)c1c(O)c(Cl)c(Cl)c(Cl)c1Cl.